The van der Waals surface area contributed by atoms with Gasteiger partial charge in [-0.25, -0.2) is 4.68 Å². The number of aryl methyl sites for hydroxylation is 1. The molecule has 3 heterocycles. The van der Waals surface area contributed by atoms with E-state index >= 15 is 0 Å². The molecule has 0 bridgehead atoms. The maximum atomic E-state index is 12.6. The van der Waals surface area contributed by atoms with Crippen molar-refractivity contribution < 1.29 is 9.32 Å². The van der Waals surface area contributed by atoms with Crippen molar-refractivity contribution in [3.05, 3.63) is 81.6 Å². The number of benzene rings is 1. The van der Waals surface area contributed by atoms with Gasteiger partial charge in [-0.05, 0) is 18.4 Å². The molecule has 27 heavy (non-hydrogen) atoms. The summed E-state index contributed by atoms with van der Waals surface area (Å²) in [6.45, 7) is 1.68. The lowest BCUT2D eigenvalue weighted by molar-refractivity contribution is 0.0966. The molecule has 0 saturated heterocycles. The van der Waals surface area contributed by atoms with E-state index in [1.807, 2.05) is 30.5 Å². The first-order chi connectivity index (χ1) is 13.1. The van der Waals surface area contributed by atoms with Crippen LogP contribution in [0, 0.1) is 6.92 Å². The van der Waals surface area contributed by atoms with Gasteiger partial charge in [0.05, 0.1) is 16.1 Å². The van der Waals surface area contributed by atoms with Gasteiger partial charge in [0, 0.05) is 17.7 Å². The molecule has 0 saturated carbocycles. The Morgan fingerprint density at radius 3 is 2.63 bits per heavy atom. The van der Waals surface area contributed by atoms with Crippen LogP contribution in [0.5, 0.6) is 0 Å². The summed E-state index contributed by atoms with van der Waals surface area (Å²) in [5.74, 6) is 0.299. The van der Waals surface area contributed by atoms with E-state index in [9.17, 15) is 9.59 Å². The third kappa shape index (κ3) is 3.50. The molecule has 1 aromatic carbocycles. The molecular weight excluding hydrogens is 362 g/mol. The molecule has 4 aromatic rings. The number of Topliss-reactive ketones (excluding diaryl/α,β-unsaturated/α-hetero) is 1. The first-order valence-corrected chi connectivity index (χ1v) is 9.18. The normalized spacial score (nSPS) is 10.9. The van der Waals surface area contributed by atoms with E-state index < -0.39 is 0 Å². The second kappa shape index (κ2) is 7.13. The molecule has 3 aromatic heterocycles. The zero-order valence-electron chi connectivity index (χ0n) is 14.5. The zero-order valence-corrected chi connectivity index (χ0v) is 15.3. The van der Waals surface area contributed by atoms with Crippen LogP contribution in [0.1, 0.15) is 16.1 Å². The van der Waals surface area contributed by atoms with Crippen LogP contribution < -0.4 is 5.56 Å². The molecule has 0 amide bonds. The van der Waals surface area contributed by atoms with Crippen molar-refractivity contribution in [2.45, 2.75) is 13.5 Å². The van der Waals surface area contributed by atoms with Crippen molar-refractivity contribution >= 4 is 17.1 Å². The predicted molar refractivity (Wildman–Crippen MR) is 103 cm³/mol. The SMILES string of the molecule is Cc1cc(-c2cc(=O)n(CC(=O)c3ccccc3)nc2-c2cccs2)on1. The molecule has 0 fully saturated rings. The van der Waals surface area contributed by atoms with Crippen LogP contribution >= 0.6 is 11.3 Å². The van der Waals surface area contributed by atoms with Gasteiger partial charge in [-0.1, -0.05) is 41.6 Å². The topological polar surface area (TPSA) is 78.0 Å². The number of carbonyl (C=O) groups is 1. The number of aromatic nitrogens is 3. The molecule has 0 unspecified atom stereocenters. The number of rotatable bonds is 5. The zero-order chi connectivity index (χ0) is 18.8. The lowest BCUT2D eigenvalue weighted by Crippen LogP contribution is -2.27. The summed E-state index contributed by atoms with van der Waals surface area (Å²) in [7, 11) is 0. The Morgan fingerprint density at radius 1 is 1.15 bits per heavy atom. The van der Waals surface area contributed by atoms with Gasteiger partial charge < -0.3 is 4.52 Å². The van der Waals surface area contributed by atoms with Crippen LogP contribution in [-0.2, 0) is 6.54 Å². The average molecular weight is 377 g/mol. The molecule has 0 aliphatic heterocycles. The Hall–Kier alpha value is -3.32. The third-order valence-corrected chi connectivity index (χ3v) is 4.91. The van der Waals surface area contributed by atoms with Gasteiger partial charge in [-0.3, -0.25) is 9.59 Å². The maximum Gasteiger partial charge on any atom is 0.267 e. The van der Waals surface area contributed by atoms with E-state index in [-0.39, 0.29) is 17.9 Å². The lowest BCUT2D eigenvalue weighted by Gasteiger charge is -2.09. The highest BCUT2D eigenvalue weighted by Crippen LogP contribution is 2.32. The fourth-order valence-electron chi connectivity index (χ4n) is 2.73. The molecule has 0 N–H and O–H groups in total. The third-order valence-electron chi connectivity index (χ3n) is 4.04. The highest BCUT2D eigenvalue weighted by Gasteiger charge is 2.18. The van der Waals surface area contributed by atoms with E-state index in [2.05, 4.69) is 10.3 Å². The minimum Gasteiger partial charge on any atom is -0.356 e. The van der Waals surface area contributed by atoms with Gasteiger partial charge in [0.25, 0.3) is 5.56 Å². The highest BCUT2D eigenvalue weighted by molar-refractivity contribution is 7.13. The van der Waals surface area contributed by atoms with E-state index in [1.54, 1.807) is 30.3 Å². The summed E-state index contributed by atoms with van der Waals surface area (Å²) >= 11 is 1.50. The van der Waals surface area contributed by atoms with E-state index in [0.717, 1.165) is 4.88 Å². The van der Waals surface area contributed by atoms with Gasteiger partial charge in [0.2, 0.25) is 0 Å². The average Bonchev–Trinajstić information content (AvgIpc) is 3.35. The van der Waals surface area contributed by atoms with Gasteiger partial charge in [-0.15, -0.1) is 11.3 Å². The van der Waals surface area contributed by atoms with Gasteiger partial charge in [0.1, 0.15) is 12.2 Å². The first-order valence-electron chi connectivity index (χ1n) is 8.30. The lowest BCUT2D eigenvalue weighted by atomic mass is 10.1. The number of carbonyl (C=O) groups excluding carboxylic acids is 1. The van der Waals surface area contributed by atoms with Crippen molar-refractivity contribution in [3.8, 4) is 21.9 Å². The quantitative estimate of drug-likeness (QED) is 0.494. The molecule has 0 radical (unpaired) electrons. The summed E-state index contributed by atoms with van der Waals surface area (Å²) in [5.41, 5.74) is 2.03. The van der Waals surface area contributed by atoms with E-state index in [0.29, 0.717) is 28.3 Å². The summed E-state index contributed by atoms with van der Waals surface area (Å²) < 4.78 is 6.53. The standard InChI is InChI=1S/C20H15N3O3S/c1-13-10-17(26-22-13)15-11-19(25)23(21-20(15)18-8-5-9-27-18)12-16(24)14-6-3-2-4-7-14/h2-11H,12H2,1H3. The van der Waals surface area contributed by atoms with Crippen molar-refractivity contribution in [3.63, 3.8) is 0 Å². The Bertz CT molecular complexity index is 1140. The van der Waals surface area contributed by atoms with Crippen molar-refractivity contribution in [2.24, 2.45) is 0 Å². The molecular formula is C20H15N3O3S. The number of hydrogen-bond donors (Lipinski definition) is 0. The second-order valence-corrected chi connectivity index (χ2v) is 6.95. The van der Waals surface area contributed by atoms with Crippen LogP contribution in [0.4, 0.5) is 0 Å². The molecule has 7 heteroatoms. The van der Waals surface area contributed by atoms with E-state index in [1.165, 1.54) is 22.1 Å². The van der Waals surface area contributed by atoms with Crippen molar-refractivity contribution in [2.75, 3.05) is 0 Å². The van der Waals surface area contributed by atoms with Gasteiger partial charge >= 0.3 is 0 Å². The Labute approximate surface area is 158 Å². The molecule has 0 aliphatic rings. The molecule has 0 atom stereocenters. The van der Waals surface area contributed by atoms with Gasteiger partial charge in [-0.2, -0.15) is 5.10 Å². The molecule has 4 rings (SSSR count). The monoisotopic (exact) mass is 377 g/mol. The van der Waals surface area contributed by atoms with Gasteiger partial charge in [0.15, 0.2) is 11.5 Å². The molecule has 0 spiro atoms. The minimum absolute atomic E-state index is 0.128. The fourth-order valence-corrected chi connectivity index (χ4v) is 3.45. The molecule has 0 aliphatic carbocycles. The number of hydrogen-bond acceptors (Lipinski definition) is 6. The fraction of sp³-hybridized carbons (Fsp3) is 0.100. The van der Waals surface area contributed by atoms with Crippen molar-refractivity contribution in [1.82, 2.24) is 14.9 Å². The second-order valence-electron chi connectivity index (χ2n) is 6.00. The minimum atomic E-state index is -0.372. The summed E-state index contributed by atoms with van der Waals surface area (Å²) in [6, 6.07) is 15.9. The Balaban J connectivity index is 1.79. The van der Waals surface area contributed by atoms with Crippen LogP contribution in [0.2, 0.25) is 0 Å². The van der Waals surface area contributed by atoms with Crippen LogP contribution in [0.25, 0.3) is 21.9 Å². The van der Waals surface area contributed by atoms with Crippen LogP contribution in [0.3, 0.4) is 0 Å². The Morgan fingerprint density at radius 2 is 1.96 bits per heavy atom. The molecule has 134 valence electrons. The summed E-state index contributed by atoms with van der Waals surface area (Å²) in [5, 5.41) is 10.3. The highest BCUT2D eigenvalue weighted by atomic mass is 32.1. The smallest absolute Gasteiger partial charge is 0.267 e. The maximum absolute atomic E-state index is 12.6. The van der Waals surface area contributed by atoms with Crippen LogP contribution in [-0.4, -0.2) is 20.7 Å². The Kier molecular flexibility index (Phi) is 4.52. The first kappa shape index (κ1) is 17.1. The number of thiophene rings is 1. The number of ketones is 1. The van der Waals surface area contributed by atoms with Crippen molar-refractivity contribution in [1.29, 1.82) is 0 Å². The summed E-state index contributed by atoms with van der Waals surface area (Å²) in [6.07, 6.45) is 0. The van der Waals surface area contributed by atoms with Crippen LogP contribution in [0.15, 0.2) is 69.3 Å². The van der Waals surface area contributed by atoms with E-state index in [4.69, 9.17) is 4.52 Å². The largest absolute Gasteiger partial charge is 0.356 e. The number of nitrogens with zero attached hydrogens (tertiary/aromatic N) is 3. The summed E-state index contributed by atoms with van der Waals surface area (Å²) in [4.78, 5) is 26.0. The molecule has 6 nitrogen and oxygen atoms in total. The predicted octanol–water partition coefficient (Wildman–Crippen LogP) is 3.82.